The maximum Gasteiger partial charge on any atom is 0.240 e. The summed E-state index contributed by atoms with van der Waals surface area (Å²) in [6, 6.07) is 6.49. The zero-order valence-electron chi connectivity index (χ0n) is 12.6. The molecule has 2 aliphatic rings. The van der Waals surface area contributed by atoms with E-state index >= 15 is 0 Å². The van der Waals surface area contributed by atoms with Crippen LogP contribution in [0.2, 0.25) is 0 Å². The van der Waals surface area contributed by atoms with Gasteiger partial charge in [-0.15, -0.1) is 0 Å². The topological polar surface area (TPSA) is 67.6 Å². The molecule has 6 heteroatoms. The molecule has 1 saturated carbocycles. The van der Waals surface area contributed by atoms with E-state index in [1.807, 2.05) is 6.07 Å². The van der Waals surface area contributed by atoms with Gasteiger partial charge in [0.15, 0.2) is 0 Å². The van der Waals surface area contributed by atoms with Crippen LogP contribution in [-0.4, -0.2) is 49.2 Å². The number of rotatable bonds is 5. The Morgan fingerprint density at radius 1 is 1.41 bits per heavy atom. The van der Waals surface area contributed by atoms with Gasteiger partial charge in [0, 0.05) is 19.6 Å². The third-order valence-corrected chi connectivity index (χ3v) is 4.42. The van der Waals surface area contributed by atoms with Gasteiger partial charge >= 0.3 is 0 Å². The molecule has 1 unspecified atom stereocenters. The maximum atomic E-state index is 13.5. The average molecular weight is 307 g/mol. The summed E-state index contributed by atoms with van der Waals surface area (Å²) in [4.78, 5) is 14.3. The van der Waals surface area contributed by atoms with E-state index in [1.54, 1.807) is 6.07 Å². The van der Waals surface area contributed by atoms with Crippen LogP contribution >= 0.6 is 0 Å². The Bertz CT molecular complexity index is 542. The molecule has 1 heterocycles. The molecule has 0 spiro atoms. The summed E-state index contributed by atoms with van der Waals surface area (Å²) in [6.07, 6.45) is 1.47. The lowest BCUT2D eigenvalue weighted by molar-refractivity contribution is -0.123. The molecule has 3 N–H and O–H groups in total. The summed E-state index contributed by atoms with van der Waals surface area (Å²) in [5.74, 6) is -0.373. The Balaban J connectivity index is 1.72. The Kier molecular flexibility index (Phi) is 4.42. The van der Waals surface area contributed by atoms with Crippen LogP contribution < -0.4 is 11.1 Å². The summed E-state index contributed by atoms with van der Waals surface area (Å²) in [5, 5.41) is 2.93. The van der Waals surface area contributed by atoms with E-state index in [4.69, 9.17) is 10.5 Å². The number of carbonyl (C=O) groups excluding carboxylic acids is 1. The van der Waals surface area contributed by atoms with E-state index < -0.39 is 5.54 Å². The highest BCUT2D eigenvalue weighted by Gasteiger charge is 2.46. The Labute approximate surface area is 129 Å². The van der Waals surface area contributed by atoms with E-state index in [1.165, 1.54) is 12.1 Å². The van der Waals surface area contributed by atoms with Gasteiger partial charge in [-0.2, -0.15) is 0 Å². The van der Waals surface area contributed by atoms with Gasteiger partial charge in [-0.1, -0.05) is 12.1 Å². The van der Waals surface area contributed by atoms with Gasteiger partial charge < -0.3 is 15.8 Å². The summed E-state index contributed by atoms with van der Waals surface area (Å²) < 4.78 is 18.9. The number of carbonyl (C=O) groups is 1. The molecule has 120 valence electrons. The van der Waals surface area contributed by atoms with Crippen molar-refractivity contribution >= 4 is 5.91 Å². The summed E-state index contributed by atoms with van der Waals surface area (Å²) in [5.41, 5.74) is 6.09. The fourth-order valence-corrected chi connectivity index (χ4v) is 2.79. The highest BCUT2D eigenvalue weighted by Crippen LogP contribution is 2.32. The van der Waals surface area contributed by atoms with Crippen LogP contribution in [0.25, 0.3) is 0 Å². The van der Waals surface area contributed by atoms with Crippen molar-refractivity contribution in [3.8, 4) is 0 Å². The molecule has 1 aromatic carbocycles. The summed E-state index contributed by atoms with van der Waals surface area (Å²) in [7, 11) is 0. The van der Waals surface area contributed by atoms with E-state index in [-0.39, 0.29) is 17.8 Å². The first-order chi connectivity index (χ1) is 10.6. The molecular weight excluding hydrogens is 285 g/mol. The quantitative estimate of drug-likeness (QED) is 0.845. The van der Waals surface area contributed by atoms with Crippen LogP contribution in [0, 0.1) is 5.82 Å². The Morgan fingerprint density at radius 2 is 2.14 bits per heavy atom. The molecular formula is C16H22FN3O2. The van der Waals surface area contributed by atoms with Gasteiger partial charge in [-0.3, -0.25) is 9.69 Å². The van der Waals surface area contributed by atoms with Crippen LogP contribution in [0.1, 0.15) is 24.4 Å². The van der Waals surface area contributed by atoms with Crippen LogP contribution in [0.5, 0.6) is 0 Å². The van der Waals surface area contributed by atoms with E-state index in [0.29, 0.717) is 19.8 Å². The van der Waals surface area contributed by atoms with Crippen molar-refractivity contribution in [1.29, 1.82) is 0 Å². The predicted molar refractivity (Wildman–Crippen MR) is 80.7 cm³/mol. The number of nitrogens with zero attached hydrogens (tertiary/aromatic N) is 1. The van der Waals surface area contributed by atoms with Crippen LogP contribution in [0.15, 0.2) is 24.3 Å². The molecule has 22 heavy (non-hydrogen) atoms. The van der Waals surface area contributed by atoms with Gasteiger partial charge in [0.2, 0.25) is 5.91 Å². The van der Waals surface area contributed by atoms with Crippen LogP contribution in [0.3, 0.4) is 0 Å². The number of halogens is 1. The van der Waals surface area contributed by atoms with Crippen molar-refractivity contribution in [3.63, 3.8) is 0 Å². The smallest absolute Gasteiger partial charge is 0.240 e. The fourth-order valence-electron chi connectivity index (χ4n) is 2.79. The lowest BCUT2D eigenvalue weighted by Crippen LogP contribution is -2.48. The number of morpholine rings is 1. The molecule has 3 rings (SSSR count). The molecule has 1 aliphatic heterocycles. The Morgan fingerprint density at radius 3 is 2.77 bits per heavy atom. The number of hydrogen-bond donors (Lipinski definition) is 2. The van der Waals surface area contributed by atoms with Gasteiger partial charge in [0.05, 0.1) is 24.8 Å². The van der Waals surface area contributed by atoms with Crippen molar-refractivity contribution in [1.82, 2.24) is 10.2 Å². The number of hydrogen-bond acceptors (Lipinski definition) is 4. The number of nitrogens with one attached hydrogen (secondary N) is 1. The van der Waals surface area contributed by atoms with Crippen molar-refractivity contribution < 1.29 is 13.9 Å². The monoisotopic (exact) mass is 307 g/mol. The minimum atomic E-state index is -0.683. The third kappa shape index (κ3) is 3.45. The first-order valence-electron chi connectivity index (χ1n) is 7.73. The molecule has 1 aliphatic carbocycles. The molecule has 0 bridgehead atoms. The van der Waals surface area contributed by atoms with Crippen molar-refractivity contribution in [2.75, 3.05) is 32.8 Å². The normalized spacial score (nSPS) is 22.1. The van der Waals surface area contributed by atoms with E-state index in [9.17, 15) is 9.18 Å². The van der Waals surface area contributed by atoms with Gasteiger partial charge in [0.1, 0.15) is 5.82 Å². The minimum absolute atomic E-state index is 0.0640. The number of benzene rings is 1. The molecule has 1 aromatic rings. The first kappa shape index (κ1) is 15.4. The Hall–Kier alpha value is -1.50. The summed E-state index contributed by atoms with van der Waals surface area (Å²) in [6.45, 7) is 3.28. The van der Waals surface area contributed by atoms with Crippen molar-refractivity contribution in [2.24, 2.45) is 5.73 Å². The lowest BCUT2D eigenvalue weighted by Gasteiger charge is -2.35. The second-order valence-electron chi connectivity index (χ2n) is 6.09. The second kappa shape index (κ2) is 6.32. The molecule has 2 fully saturated rings. The summed E-state index contributed by atoms with van der Waals surface area (Å²) >= 11 is 0. The number of amides is 1. The van der Waals surface area contributed by atoms with E-state index in [2.05, 4.69) is 10.2 Å². The van der Waals surface area contributed by atoms with Gasteiger partial charge in [-0.25, -0.2) is 4.39 Å². The SMILES string of the molecule is NC1(C(=O)NCC(c2cccc(F)c2)N2CCOCC2)CC1. The zero-order chi connectivity index (χ0) is 15.6. The van der Waals surface area contributed by atoms with Crippen molar-refractivity contribution in [3.05, 3.63) is 35.6 Å². The third-order valence-electron chi connectivity index (χ3n) is 4.42. The van der Waals surface area contributed by atoms with Gasteiger partial charge in [-0.05, 0) is 30.5 Å². The molecule has 0 aromatic heterocycles. The highest BCUT2D eigenvalue weighted by atomic mass is 19.1. The molecule has 1 saturated heterocycles. The first-order valence-corrected chi connectivity index (χ1v) is 7.73. The molecule has 0 radical (unpaired) electrons. The highest BCUT2D eigenvalue weighted by molar-refractivity contribution is 5.88. The molecule has 1 atom stereocenters. The fraction of sp³-hybridized carbons (Fsp3) is 0.562. The standard InChI is InChI=1S/C16H22FN3O2/c17-13-3-1-2-12(10-13)14(20-6-8-22-9-7-20)11-19-15(21)16(18)4-5-16/h1-3,10,14H,4-9,11,18H2,(H,19,21). The molecule has 5 nitrogen and oxygen atoms in total. The minimum Gasteiger partial charge on any atom is -0.379 e. The van der Waals surface area contributed by atoms with E-state index in [0.717, 1.165) is 31.5 Å². The predicted octanol–water partition coefficient (Wildman–Crippen LogP) is 0.806. The lowest BCUT2D eigenvalue weighted by atomic mass is 10.0. The van der Waals surface area contributed by atoms with Crippen LogP contribution in [0.4, 0.5) is 4.39 Å². The van der Waals surface area contributed by atoms with Gasteiger partial charge in [0.25, 0.3) is 0 Å². The largest absolute Gasteiger partial charge is 0.379 e. The number of ether oxygens (including phenoxy) is 1. The van der Waals surface area contributed by atoms with Crippen molar-refractivity contribution in [2.45, 2.75) is 24.4 Å². The van der Waals surface area contributed by atoms with Crippen LogP contribution in [-0.2, 0) is 9.53 Å². The second-order valence-corrected chi connectivity index (χ2v) is 6.09. The molecule has 1 amide bonds. The number of nitrogens with two attached hydrogens (primary N) is 1. The average Bonchev–Trinajstić information content (AvgIpc) is 3.28. The maximum absolute atomic E-state index is 13.5. The zero-order valence-corrected chi connectivity index (χ0v) is 12.6.